The van der Waals surface area contributed by atoms with Crippen LogP contribution < -0.4 is 10.1 Å². The van der Waals surface area contributed by atoms with E-state index in [9.17, 15) is 4.79 Å². The fourth-order valence-electron chi connectivity index (χ4n) is 3.71. The summed E-state index contributed by atoms with van der Waals surface area (Å²) in [6, 6.07) is 20.8. The van der Waals surface area contributed by atoms with E-state index >= 15 is 0 Å². The van der Waals surface area contributed by atoms with Gasteiger partial charge in [-0.2, -0.15) is 0 Å². The predicted molar refractivity (Wildman–Crippen MR) is 134 cm³/mol. The minimum absolute atomic E-state index is 0.185. The van der Waals surface area contributed by atoms with Gasteiger partial charge in [0.1, 0.15) is 11.6 Å². The van der Waals surface area contributed by atoms with Gasteiger partial charge in [0.05, 0.1) is 28.2 Å². The summed E-state index contributed by atoms with van der Waals surface area (Å²) < 4.78 is 8.10. The van der Waals surface area contributed by atoms with Crippen LogP contribution in [0.25, 0.3) is 11.0 Å². The Morgan fingerprint density at radius 2 is 1.82 bits per heavy atom. The number of hydrogen-bond donors (Lipinski definition) is 1. The highest BCUT2D eigenvalue weighted by Gasteiger charge is 2.13. The van der Waals surface area contributed by atoms with E-state index in [0.717, 1.165) is 46.2 Å². The highest BCUT2D eigenvalue weighted by molar-refractivity contribution is 6.33. The number of nitrogens with zero attached hydrogens (tertiary/aromatic N) is 2. The molecule has 0 spiro atoms. The second-order valence-corrected chi connectivity index (χ2v) is 8.58. The van der Waals surface area contributed by atoms with Crippen LogP contribution in [0.2, 0.25) is 10.0 Å². The molecule has 3 aromatic carbocycles. The number of aryl methyl sites for hydroxylation is 2. The van der Waals surface area contributed by atoms with E-state index in [4.69, 9.17) is 32.9 Å². The van der Waals surface area contributed by atoms with Crippen LogP contribution in [-0.4, -0.2) is 28.6 Å². The van der Waals surface area contributed by atoms with Crippen LogP contribution >= 0.6 is 23.2 Å². The highest BCUT2D eigenvalue weighted by atomic mass is 35.5. The molecular formula is C26H25Cl2N3O2. The topological polar surface area (TPSA) is 56.1 Å². The third kappa shape index (κ3) is 5.67. The Morgan fingerprint density at radius 3 is 2.64 bits per heavy atom. The average Bonchev–Trinajstić information content (AvgIpc) is 3.16. The van der Waals surface area contributed by atoms with Gasteiger partial charge in [-0.3, -0.25) is 4.79 Å². The summed E-state index contributed by atoms with van der Waals surface area (Å²) in [5.74, 6) is 1.56. The monoisotopic (exact) mass is 481 g/mol. The summed E-state index contributed by atoms with van der Waals surface area (Å²) in [6.07, 6.45) is 1.43. The lowest BCUT2D eigenvalue weighted by Crippen LogP contribution is -2.26. The standard InChI is InChI=1S/C26H25Cl2N3O2/c1-18-17-19(11-12-21(18)27)33-16-6-15-31-24-10-5-4-9-23(24)30-25(31)13-14-29-26(32)20-7-2-3-8-22(20)28/h2-5,7-12,17H,6,13-16H2,1H3,(H,29,32). The van der Waals surface area contributed by atoms with Crippen molar-refractivity contribution in [2.75, 3.05) is 13.2 Å². The van der Waals surface area contributed by atoms with E-state index in [2.05, 4.69) is 16.0 Å². The second kappa shape index (κ2) is 10.7. The van der Waals surface area contributed by atoms with Crippen LogP contribution in [0.15, 0.2) is 66.7 Å². The number of carbonyl (C=O) groups excluding carboxylic acids is 1. The van der Waals surface area contributed by atoms with Gasteiger partial charge in [-0.15, -0.1) is 0 Å². The summed E-state index contributed by atoms with van der Waals surface area (Å²) in [6.45, 7) is 3.77. The van der Waals surface area contributed by atoms with Gasteiger partial charge in [0, 0.05) is 24.5 Å². The van der Waals surface area contributed by atoms with Gasteiger partial charge in [-0.25, -0.2) is 4.98 Å². The molecule has 0 aliphatic carbocycles. The average molecular weight is 482 g/mol. The molecule has 1 aromatic heterocycles. The highest BCUT2D eigenvalue weighted by Crippen LogP contribution is 2.22. The summed E-state index contributed by atoms with van der Waals surface area (Å²) in [5, 5.41) is 4.12. The van der Waals surface area contributed by atoms with Crippen LogP contribution in [0.3, 0.4) is 0 Å². The molecule has 0 aliphatic heterocycles. The van der Waals surface area contributed by atoms with Crippen molar-refractivity contribution in [1.82, 2.24) is 14.9 Å². The van der Waals surface area contributed by atoms with Gasteiger partial charge < -0.3 is 14.6 Å². The number of ether oxygens (including phenoxy) is 1. The lowest BCUT2D eigenvalue weighted by molar-refractivity contribution is 0.0954. The fraction of sp³-hybridized carbons (Fsp3) is 0.231. The SMILES string of the molecule is Cc1cc(OCCCn2c(CCNC(=O)c3ccccc3Cl)nc3ccccc32)ccc1Cl. The number of nitrogens with one attached hydrogen (secondary N) is 1. The van der Waals surface area contributed by atoms with E-state index in [1.807, 2.05) is 43.3 Å². The number of carbonyl (C=O) groups is 1. The Labute approximate surface area is 203 Å². The second-order valence-electron chi connectivity index (χ2n) is 7.77. The maximum atomic E-state index is 12.5. The molecule has 33 heavy (non-hydrogen) atoms. The lowest BCUT2D eigenvalue weighted by atomic mass is 10.2. The van der Waals surface area contributed by atoms with Gasteiger partial charge in [0.15, 0.2) is 0 Å². The number of aromatic nitrogens is 2. The molecule has 4 aromatic rings. The number of rotatable bonds is 9. The van der Waals surface area contributed by atoms with Crippen molar-refractivity contribution < 1.29 is 9.53 Å². The van der Waals surface area contributed by atoms with Crippen molar-refractivity contribution in [1.29, 1.82) is 0 Å². The fourth-order valence-corrected chi connectivity index (χ4v) is 4.05. The van der Waals surface area contributed by atoms with E-state index < -0.39 is 0 Å². The zero-order valence-corrected chi connectivity index (χ0v) is 19.9. The molecule has 0 bridgehead atoms. The Morgan fingerprint density at radius 1 is 1.03 bits per heavy atom. The molecule has 0 atom stereocenters. The maximum absolute atomic E-state index is 12.5. The summed E-state index contributed by atoms with van der Waals surface area (Å²) in [5.41, 5.74) is 3.49. The van der Waals surface area contributed by atoms with Crippen molar-refractivity contribution in [3.05, 3.63) is 93.7 Å². The molecule has 1 heterocycles. The van der Waals surface area contributed by atoms with E-state index in [1.165, 1.54) is 0 Å². The van der Waals surface area contributed by atoms with Crippen molar-refractivity contribution in [2.45, 2.75) is 26.3 Å². The van der Waals surface area contributed by atoms with Crippen LogP contribution in [0.1, 0.15) is 28.2 Å². The number of fused-ring (bicyclic) bond motifs is 1. The maximum Gasteiger partial charge on any atom is 0.252 e. The third-order valence-electron chi connectivity index (χ3n) is 5.41. The van der Waals surface area contributed by atoms with E-state index in [0.29, 0.717) is 30.2 Å². The van der Waals surface area contributed by atoms with E-state index in [-0.39, 0.29) is 5.91 Å². The molecule has 0 unspecified atom stereocenters. The smallest absolute Gasteiger partial charge is 0.252 e. The van der Waals surface area contributed by atoms with Crippen molar-refractivity contribution in [3.63, 3.8) is 0 Å². The molecule has 7 heteroatoms. The summed E-state index contributed by atoms with van der Waals surface area (Å²) in [7, 11) is 0. The van der Waals surface area contributed by atoms with Gasteiger partial charge in [0.2, 0.25) is 0 Å². The number of benzene rings is 3. The first-order chi connectivity index (χ1) is 16.0. The van der Waals surface area contributed by atoms with Crippen LogP contribution in [-0.2, 0) is 13.0 Å². The van der Waals surface area contributed by atoms with Crippen molar-refractivity contribution in [2.24, 2.45) is 0 Å². The molecule has 0 saturated carbocycles. The van der Waals surface area contributed by atoms with Crippen molar-refractivity contribution in [3.8, 4) is 5.75 Å². The number of para-hydroxylation sites is 2. The van der Waals surface area contributed by atoms with Gasteiger partial charge in [-0.05, 0) is 61.4 Å². The largest absolute Gasteiger partial charge is 0.494 e. The summed E-state index contributed by atoms with van der Waals surface area (Å²) >= 11 is 12.2. The molecule has 4 rings (SSSR count). The zero-order chi connectivity index (χ0) is 23.2. The first-order valence-electron chi connectivity index (χ1n) is 10.9. The minimum atomic E-state index is -0.185. The summed E-state index contributed by atoms with van der Waals surface area (Å²) in [4.78, 5) is 17.2. The molecule has 170 valence electrons. The Balaban J connectivity index is 1.38. The van der Waals surface area contributed by atoms with Crippen molar-refractivity contribution >= 4 is 40.1 Å². The Bertz CT molecular complexity index is 1270. The molecule has 0 fully saturated rings. The van der Waals surface area contributed by atoms with Crippen LogP contribution in [0, 0.1) is 6.92 Å². The number of amides is 1. The molecule has 1 N–H and O–H groups in total. The molecule has 0 aliphatic rings. The van der Waals surface area contributed by atoms with Gasteiger partial charge >= 0.3 is 0 Å². The predicted octanol–water partition coefficient (Wildman–Crippen LogP) is 6.09. The molecular weight excluding hydrogens is 457 g/mol. The molecule has 0 radical (unpaired) electrons. The third-order valence-corrected chi connectivity index (χ3v) is 6.16. The normalized spacial score (nSPS) is 11.0. The first-order valence-corrected chi connectivity index (χ1v) is 11.6. The number of halogens is 2. The number of hydrogen-bond acceptors (Lipinski definition) is 3. The molecule has 1 amide bonds. The molecule has 0 saturated heterocycles. The van der Waals surface area contributed by atoms with Crippen LogP contribution in [0.4, 0.5) is 0 Å². The quantitative estimate of drug-likeness (QED) is 0.294. The van der Waals surface area contributed by atoms with Gasteiger partial charge in [0.25, 0.3) is 5.91 Å². The zero-order valence-electron chi connectivity index (χ0n) is 18.4. The Hall–Kier alpha value is -3.02. The Kier molecular flexibility index (Phi) is 7.53. The number of imidazole rings is 1. The minimum Gasteiger partial charge on any atom is -0.494 e. The van der Waals surface area contributed by atoms with Gasteiger partial charge in [-0.1, -0.05) is 47.5 Å². The van der Waals surface area contributed by atoms with E-state index in [1.54, 1.807) is 24.3 Å². The molecule has 5 nitrogen and oxygen atoms in total. The lowest BCUT2D eigenvalue weighted by Gasteiger charge is -2.12. The first kappa shape index (κ1) is 23.1. The van der Waals surface area contributed by atoms with Crippen LogP contribution in [0.5, 0.6) is 5.75 Å².